The van der Waals surface area contributed by atoms with E-state index in [0.29, 0.717) is 11.3 Å². The summed E-state index contributed by atoms with van der Waals surface area (Å²) >= 11 is 1.07. The van der Waals surface area contributed by atoms with Crippen LogP contribution in [0.3, 0.4) is 0 Å². The lowest BCUT2D eigenvalue weighted by atomic mass is 10.1. The average molecular weight is 301 g/mol. The second kappa shape index (κ2) is 7.53. The summed E-state index contributed by atoms with van der Waals surface area (Å²) in [7, 11) is 0. The predicted molar refractivity (Wildman–Crippen MR) is 80.8 cm³/mol. The smallest absolute Gasteiger partial charge is 0.265 e. The Kier molecular flexibility index (Phi) is 5.43. The van der Waals surface area contributed by atoms with Crippen LogP contribution >= 0.6 is 11.5 Å². The zero-order valence-corrected chi connectivity index (χ0v) is 12.4. The number of nitrogens with zero attached hydrogens (tertiary/aromatic N) is 2. The molecular weight excluding hydrogens is 286 g/mol. The summed E-state index contributed by atoms with van der Waals surface area (Å²) in [6.07, 6.45) is 1.90. The highest BCUT2D eigenvalue weighted by atomic mass is 32.1. The summed E-state index contributed by atoms with van der Waals surface area (Å²) in [6, 6.07) is 7.53. The third-order valence-electron chi connectivity index (χ3n) is 2.79. The second-order valence-electron chi connectivity index (χ2n) is 4.38. The molecule has 2 N–H and O–H groups in total. The third kappa shape index (κ3) is 4.38. The fourth-order valence-corrected chi connectivity index (χ4v) is 2.14. The summed E-state index contributed by atoms with van der Waals surface area (Å²) in [5.41, 5.74) is 1.83. The standard InChI is InChI=1S/C15H15N3O2S/c1-11(17-15(20)14-10-16-18-21-14)13-7-4-6-12(9-13)5-2-3-8-19/h4,6-7,9-11,19H,3,8H2,1H3,(H,17,20). The third-order valence-corrected chi connectivity index (χ3v) is 3.45. The van der Waals surface area contributed by atoms with Crippen molar-refractivity contribution in [3.05, 3.63) is 46.5 Å². The normalized spacial score (nSPS) is 11.3. The van der Waals surface area contributed by atoms with Gasteiger partial charge < -0.3 is 10.4 Å². The molecule has 0 saturated heterocycles. The number of carbonyl (C=O) groups excluding carboxylic acids is 1. The number of rotatable bonds is 4. The Morgan fingerprint density at radius 1 is 1.52 bits per heavy atom. The van der Waals surface area contributed by atoms with Crippen LogP contribution in [-0.4, -0.2) is 27.2 Å². The molecule has 1 atom stereocenters. The minimum absolute atomic E-state index is 0.0576. The van der Waals surface area contributed by atoms with E-state index in [0.717, 1.165) is 22.7 Å². The molecule has 2 rings (SSSR count). The molecule has 5 nitrogen and oxygen atoms in total. The van der Waals surface area contributed by atoms with Crippen molar-refractivity contribution in [2.75, 3.05) is 6.61 Å². The first-order valence-corrected chi connectivity index (χ1v) is 7.26. The first-order valence-electron chi connectivity index (χ1n) is 6.48. The van der Waals surface area contributed by atoms with E-state index in [4.69, 9.17) is 5.11 Å². The maximum atomic E-state index is 11.9. The van der Waals surface area contributed by atoms with Crippen LogP contribution in [0, 0.1) is 11.8 Å². The van der Waals surface area contributed by atoms with Crippen molar-refractivity contribution in [2.45, 2.75) is 19.4 Å². The highest BCUT2D eigenvalue weighted by molar-refractivity contribution is 7.07. The van der Waals surface area contributed by atoms with E-state index >= 15 is 0 Å². The molecule has 1 aromatic carbocycles. The van der Waals surface area contributed by atoms with Gasteiger partial charge in [-0.25, -0.2) is 0 Å². The molecule has 0 radical (unpaired) electrons. The molecule has 0 saturated carbocycles. The largest absolute Gasteiger partial charge is 0.395 e. The molecule has 1 unspecified atom stereocenters. The number of aliphatic hydroxyl groups excluding tert-OH is 1. The fourth-order valence-electron chi connectivity index (χ4n) is 1.72. The summed E-state index contributed by atoms with van der Waals surface area (Å²) in [4.78, 5) is 12.4. The van der Waals surface area contributed by atoms with Gasteiger partial charge in [0.25, 0.3) is 5.91 Å². The van der Waals surface area contributed by atoms with E-state index in [1.807, 2.05) is 31.2 Å². The van der Waals surface area contributed by atoms with Gasteiger partial charge in [0.1, 0.15) is 4.88 Å². The number of amides is 1. The Morgan fingerprint density at radius 3 is 3.10 bits per heavy atom. The van der Waals surface area contributed by atoms with Gasteiger partial charge in [0, 0.05) is 12.0 Å². The van der Waals surface area contributed by atoms with E-state index in [-0.39, 0.29) is 18.6 Å². The quantitative estimate of drug-likeness (QED) is 0.844. The molecule has 1 aromatic heterocycles. The number of aliphatic hydroxyl groups is 1. The number of benzene rings is 1. The maximum absolute atomic E-state index is 11.9. The van der Waals surface area contributed by atoms with Crippen LogP contribution in [0.25, 0.3) is 0 Å². The van der Waals surface area contributed by atoms with Gasteiger partial charge in [-0.1, -0.05) is 28.5 Å². The molecule has 21 heavy (non-hydrogen) atoms. The first kappa shape index (κ1) is 15.2. The van der Waals surface area contributed by atoms with Gasteiger partial charge in [-0.05, 0) is 36.2 Å². The molecule has 108 valence electrons. The van der Waals surface area contributed by atoms with Crippen molar-refractivity contribution in [3.63, 3.8) is 0 Å². The van der Waals surface area contributed by atoms with Gasteiger partial charge in [0.15, 0.2) is 0 Å². The molecule has 0 spiro atoms. The van der Waals surface area contributed by atoms with Crippen LogP contribution in [0.1, 0.15) is 40.2 Å². The van der Waals surface area contributed by atoms with Crippen molar-refractivity contribution in [1.82, 2.24) is 14.9 Å². The van der Waals surface area contributed by atoms with E-state index in [9.17, 15) is 4.79 Å². The van der Waals surface area contributed by atoms with E-state index in [2.05, 4.69) is 26.7 Å². The van der Waals surface area contributed by atoms with E-state index in [1.165, 1.54) is 6.20 Å². The lowest BCUT2D eigenvalue weighted by molar-refractivity contribution is 0.0944. The van der Waals surface area contributed by atoms with Gasteiger partial charge in [-0.3, -0.25) is 4.79 Å². The lowest BCUT2D eigenvalue weighted by Gasteiger charge is -2.13. The fraction of sp³-hybridized carbons (Fsp3) is 0.267. The van der Waals surface area contributed by atoms with Gasteiger partial charge in [0.05, 0.1) is 18.8 Å². The minimum atomic E-state index is -0.186. The molecule has 0 fully saturated rings. The van der Waals surface area contributed by atoms with Crippen LogP contribution in [0.4, 0.5) is 0 Å². The zero-order chi connectivity index (χ0) is 15.1. The summed E-state index contributed by atoms with van der Waals surface area (Å²) in [5.74, 6) is 5.67. The number of carbonyl (C=O) groups is 1. The van der Waals surface area contributed by atoms with Gasteiger partial charge in [0.2, 0.25) is 0 Å². The molecule has 1 amide bonds. The maximum Gasteiger partial charge on any atom is 0.265 e. The SMILES string of the molecule is CC(NC(=O)c1cnns1)c1cccc(C#CCCO)c1. The van der Waals surface area contributed by atoms with Crippen LogP contribution in [0.2, 0.25) is 0 Å². The van der Waals surface area contributed by atoms with Crippen LogP contribution < -0.4 is 5.32 Å². The van der Waals surface area contributed by atoms with Crippen molar-refractivity contribution < 1.29 is 9.90 Å². The number of hydrogen-bond donors (Lipinski definition) is 2. The van der Waals surface area contributed by atoms with Crippen molar-refractivity contribution >= 4 is 17.4 Å². The average Bonchev–Trinajstić information content (AvgIpc) is 3.02. The molecule has 1 heterocycles. The van der Waals surface area contributed by atoms with Gasteiger partial charge in [-0.2, -0.15) is 0 Å². The number of nitrogens with one attached hydrogen (secondary N) is 1. The lowest BCUT2D eigenvalue weighted by Crippen LogP contribution is -2.25. The zero-order valence-electron chi connectivity index (χ0n) is 11.5. The molecule has 6 heteroatoms. The minimum Gasteiger partial charge on any atom is -0.395 e. The molecule has 0 aliphatic carbocycles. The molecule has 0 aliphatic heterocycles. The van der Waals surface area contributed by atoms with Crippen molar-refractivity contribution in [1.29, 1.82) is 0 Å². The second-order valence-corrected chi connectivity index (χ2v) is 5.16. The Labute approximate surface area is 127 Å². The first-order chi connectivity index (χ1) is 10.2. The predicted octanol–water partition coefficient (Wildman–Crippen LogP) is 1.76. The summed E-state index contributed by atoms with van der Waals surface area (Å²) < 4.78 is 3.67. The highest BCUT2D eigenvalue weighted by Gasteiger charge is 2.13. The van der Waals surface area contributed by atoms with E-state index < -0.39 is 0 Å². The van der Waals surface area contributed by atoms with Crippen LogP contribution in [0.15, 0.2) is 30.5 Å². The number of hydrogen-bond acceptors (Lipinski definition) is 5. The summed E-state index contributed by atoms with van der Waals surface area (Å²) in [6.45, 7) is 1.97. The van der Waals surface area contributed by atoms with Crippen LogP contribution in [0.5, 0.6) is 0 Å². The molecular formula is C15H15N3O2S. The van der Waals surface area contributed by atoms with Gasteiger partial charge >= 0.3 is 0 Å². The van der Waals surface area contributed by atoms with Gasteiger partial charge in [-0.15, -0.1) is 5.10 Å². The van der Waals surface area contributed by atoms with Crippen LogP contribution in [-0.2, 0) is 0 Å². The molecule has 2 aromatic rings. The Hall–Kier alpha value is -2.23. The monoisotopic (exact) mass is 301 g/mol. The molecule has 0 aliphatic rings. The number of aromatic nitrogens is 2. The Bertz CT molecular complexity index is 659. The summed E-state index contributed by atoms with van der Waals surface area (Å²) in [5, 5.41) is 15.3. The van der Waals surface area contributed by atoms with Crippen molar-refractivity contribution in [2.24, 2.45) is 0 Å². The Balaban J connectivity index is 2.06. The topological polar surface area (TPSA) is 75.1 Å². The van der Waals surface area contributed by atoms with Crippen molar-refractivity contribution in [3.8, 4) is 11.8 Å². The molecule has 0 bridgehead atoms. The highest BCUT2D eigenvalue weighted by Crippen LogP contribution is 2.15. The van der Waals surface area contributed by atoms with E-state index in [1.54, 1.807) is 0 Å². The Morgan fingerprint density at radius 2 is 2.38 bits per heavy atom.